The van der Waals surface area contributed by atoms with Gasteiger partial charge in [-0.05, 0) is 62.0 Å². The number of H-pyrrole nitrogens is 1. The molecule has 32 heavy (non-hydrogen) atoms. The summed E-state index contributed by atoms with van der Waals surface area (Å²) in [4.78, 5) is 46.7. The molecule has 6 nitrogen and oxygen atoms in total. The van der Waals surface area contributed by atoms with Gasteiger partial charge in [0.2, 0.25) is 11.3 Å². The lowest BCUT2D eigenvalue weighted by molar-refractivity contribution is -0.152. The highest BCUT2D eigenvalue weighted by atomic mass is 16.2. The molecule has 4 heterocycles. The second-order valence-corrected chi connectivity index (χ2v) is 10.3. The van der Waals surface area contributed by atoms with Crippen LogP contribution in [0.25, 0.3) is 10.9 Å². The Kier molecular flexibility index (Phi) is 5.56. The summed E-state index contributed by atoms with van der Waals surface area (Å²) in [5, 5.41) is 0.550. The van der Waals surface area contributed by atoms with Crippen molar-refractivity contribution in [2.24, 2.45) is 17.8 Å². The Morgan fingerprint density at radius 2 is 1.94 bits per heavy atom. The molecule has 2 amide bonds. The van der Waals surface area contributed by atoms with E-state index in [2.05, 4.69) is 23.7 Å². The molecule has 5 rings (SSSR count). The monoisotopic (exact) mass is 435 g/mol. The van der Waals surface area contributed by atoms with Crippen LogP contribution in [0.1, 0.15) is 62.7 Å². The van der Waals surface area contributed by atoms with E-state index >= 15 is 0 Å². The smallest absolute Gasteiger partial charge is 0.259 e. The number of likely N-dealkylation sites (tertiary alicyclic amines) is 1. The first kappa shape index (κ1) is 21.2. The zero-order valence-corrected chi connectivity index (χ0v) is 19.0. The maximum absolute atomic E-state index is 13.5. The Balaban J connectivity index is 1.44. The van der Waals surface area contributed by atoms with Crippen molar-refractivity contribution in [3.63, 3.8) is 0 Å². The Bertz CT molecular complexity index is 1090. The molecular formula is C26H33N3O3. The van der Waals surface area contributed by atoms with Crippen LogP contribution < -0.4 is 5.43 Å². The van der Waals surface area contributed by atoms with Gasteiger partial charge in [0.1, 0.15) is 5.56 Å². The van der Waals surface area contributed by atoms with Crippen molar-refractivity contribution >= 4 is 22.7 Å². The van der Waals surface area contributed by atoms with Gasteiger partial charge in [0.15, 0.2) is 0 Å². The second kappa shape index (κ2) is 8.38. The maximum atomic E-state index is 13.5. The third-order valence-corrected chi connectivity index (χ3v) is 7.84. The predicted molar refractivity (Wildman–Crippen MR) is 124 cm³/mol. The molecule has 0 radical (unpaired) electrons. The summed E-state index contributed by atoms with van der Waals surface area (Å²) in [5.41, 5.74) is 0.763. The number of carbonyl (C=O) groups excluding carboxylic acids is 2. The average molecular weight is 436 g/mol. The lowest BCUT2D eigenvalue weighted by Crippen LogP contribution is -2.65. The molecule has 1 N–H and O–H groups in total. The fraction of sp³-hybridized carbons (Fsp3) is 0.577. The minimum absolute atomic E-state index is 0.176. The summed E-state index contributed by atoms with van der Waals surface area (Å²) in [6.07, 6.45) is 7.36. The minimum atomic E-state index is -0.203. The summed E-state index contributed by atoms with van der Waals surface area (Å²) >= 11 is 0. The van der Waals surface area contributed by atoms with E-state index in [4.69, 9.17) is 0 Å². The van der Waals surface area contributed by atoms with Gasteiger partial charge in [-0.15, -0.1) is 0 Å². The van der Waals surface area contributed by atoms with Gasteiger partial charge in [0, 0.05) is 48.7 Å². The van der Waals surface area contributed by atoms with Gasteiger partial charge >= 0.3 is 0 Å². The van der Waals surface area contributed by atoms with Crippen LogP contribution in [0.3, 0.4) is 0 Å². The van der Waals surface area contributed by atoms with E-state index < -0.39 is 0 Å². The quantitative estimate of drug-likeness (QED) is 0.794. The molecule has 0 unspecified atom stereocenters. The van der Waals surface area contributed by atoms with Crippen molar-refractivity contribution in [2.75, 3.05) is 13.1 Å². The summed E-state index contributed by atoms with van der Waals surface area (Å²) in [6.45, 7) is 5.71. The highest BCUT2D eigenvalue weighted by molar-refractivity contribution is 5.97. The SMILES string of the molecule is CC(C)CC[C@H]1[C@H]2C[C@H](CN(C(=O)c3c[nH]c4ccccc4c3=O)C2)[C@@H]2CCCC(=O)N21. The number of hydrogen-bond donors (Lipinski definition) is 1. The summed E-state index contributed by atoms with van der Waals surface area (Å²) in [7, 11) is 0. The number of fused-ring (bicyclic) bond motifs is 5. The predicted octanol–water partition coefficient (Wildman–Crippen LogP) is 3.81. The van der Waals surface area contributed by atoms with Gasteiger partial charge in [-0.1, -0.05) is 26.0 Å². The number of aromatic amines is 1. The minimum Gasteiger partial charge on any atom is -0.360 e. The van der Waals surface area contributed by atoms with E-state index in [-0.39, 0.29) is 34.9 Å². The molecule has 3 fully saturated rings. The number of para-hydroxylation sites is 1. The van der Waals surface area contributed by atoms with Crippen LogP contribution in [0, 0.1) is 17.8 Å². The summed E-state index contributed by atoms with van der Waals surface area (Å²) in [6, 6.07) is 7.76. The first-order valence-corrected chi connectivity index (χ1v) is 12.1. The number of piperidine rings is 3. The Labute approximate surface area is 189 Å². The largest absolute Gasteiger partial charge is 0.360 e. The third kappa shape index (κ3) is 3.63. The van der Waals surface area contributed by atoms with Gasteiger partial charge in [-0.25, -0.2) is 0 Å². The molecule has 3 saturated heterocycles. The van der Waals surface area contributed by atoms with E-state index in [0.717, 1.165) is 37.6 Å². The molecule has 1 aromatic carbocycles. The number of pyridine rings is 1. The fourth-order valence-corrected chi connectivity index (χ4v) is 6.31. The van der Waals surface area contributed by atoms with Crippen molar-refractivity contribution in [1.29, 1.82) is 0 Å². The van der Waals surface area contributed by atoms with E-state index in [9.17, 15) is 14.4 Å². The van der Waals surface area contributed by atoms with Crippen molar-refractivity contribution in [1.82, 2.24) is 14.8 Å². The third-order valence-electron chi connectivity index (χ3n) is 7.84. The van der Waals surface area contributed by atoms with E-state index in [1.165, 1.54) is 0 Å². The zero-order valence-electron chi connectivity index (χ0n) is 19.0. The molecule has 0 aliphatic carbocycles. The fourth-order valence-electron chi connectivity index (χ4n) is 6.31. The molecule has 0 saturated carbocycles. The van der Waals surface area contributed by atoms with Gasteiger partial charge in [0.25, 0.3) is 5.91 Å². The van der Waals surface area contributed by atoms with Crippen LogP contribution >= 0.6 is 0 Å². The van der Waals surface area contributed by atoms with Gasteiger partial charge in [0.05, 0.1) is 0 Å². The van der Waals surface area contributed by atoms with Gasteiger partial charge in [-0.2, -0.15) is 0 Å². The highest BCUT2D eigenvalue weighted by Gasteiger charge is 2.49. The summed E-state index contributed by atoms with van der Waals surface area (Å²) < 4.78 is 0. The number of nitrogens with zero attached hydrogens (tertiary/aromatic N) is 2. The topological polar surface area (TPSA) is 73.5 Å². The summed E-state index contributed by atoms with van der Waals surface area (Å²) in [5.74, 6) is 1.30. The number of aromatic nitrogens is 1. The van der Waals surface area contributed by atoms with Crippen LogP contribution in [-0.4, -0.2) is 51.8 Å². The lowest BCUT2D eigenvalue weighted by atomic mass is 9.70. The Morgan fingerprint density at radius 1 is 1.16 bits per heavy atom. The highest BCUT2D eigenvalue weighted by Crippen LogP contribution is 2.43. The Morgan fingerprint density at radius 3 is 2.75 bits per heavy atom. The molecule has 0 spiro atoms. The van der Waals surface area contributed by atoms with Gasteiger partial charge in [-0.3, -0.25) is 14.4 Å². The van der Waals surface area contributed by atoms with Crippen LogP contribution in [0.4, 0.5) is 0 Å². The second-order valence-electron chi connectivity index (χ2n) is 10.3. The number of rotatable bonds is 4. The standard InChI is InChI=1S/C26H33N3O3/c1-16(2)10-11-23-18-12-17(22-8-5-9-24(30)29(22)23)14-28(15-18)26(32)20-13-27-21-7-4-3-6-19(21)25(20)31/h3-4,6-7,13,16-18,22-23H,5,8-12,14-15H2,1-2H3,(H,27,31)/t17-,18+,22+,23+/m1/s1. The van der Waals surface area contributed by atoms with Crippen molar-refractivity contribution in [2.45, 2.75) is 64.5 Å². The van der Waals surface area contributed by atoms with Crippen LogP contribution in [0.5, 0.6) is 0 Å². The zero-order chi connectivity index (χ0) is 22.4. The molecular weight excluding hydrogens is 402 g/mol. The molecule has 6 heteroatoms. The normalized spacial score (nSPS) is 27.7. The van der Waals surface area contributed by atoms with Crippen LogP contribution in [0.15, 0.2) is 35.3 Å². The lowest BCUT2D eigenvalue weighted by Gasteiger charge is -2.56. The molecule has 3 aliphatic heterocycles. The maximum Gasteiger partial charge on any atom is 0.259 e. The molecule has 2 aromatic rings. The van der Waals surface area contributed by atoms with Gasteiger partial charge < -0.3 is 14.8 Å². The van der Waals surface area contributed by atoms with Crippen molar-refractivity contribution < 1.29 is 9.59 Å². The van der Waals surface area contributed by atoms with E-state index in [1.54, 1.807) is 12.3 Å². The number of amides is 2. The van der Waals surface area contributed by atoms with Crippen molar-refractivity contribution in [3.8, 4) is 0 Å². The number of benzene rings is 1. The van der Waals surface area contributed by atoms with E-state index in [0.29, 0.717) is 42.6 Å². The number of hydrogen-bond acceptors (Lipinski definition) is 3. The van der Waals surface area contributed by atoms with E-state index in [1.807, 2.05) is 23.1 Å². The first-order chi connectivity index (χ1) is 15.4. The molecule has 3 aliphatic rings. The number of carbonyl (C=O) groups is 2. The molecule has 170 valence electrons. The first-order valence-electron chi connectivity index (χ1n) is 12.1. The molecule has 1 aromatic heterocycles. The van der Waals surface area contributed by atoms with Crippen molar-refractivity contribution in [3.05, 3.63) is 46.2 Å². The number of nitrogens with one attached hydrogen (secondary N) is 1. The molecule has 4 atom stereocenters. The molecule has 2 bridgehead atoms. The van der Waals surface area contributed by atoms with Crippen LogP contribution in [-0.2, 0) is 4.79 Å². The van der Waals surface area contributed by atoms with Crippen LogP contribution in [0.2, 0.25) is 0 Å². The average Bonchev–Trinajstić information content (AvgIpc) is 2.79. The Hall–Kier alpha value is -2.63.